The Bertz CT molecular complexity index is 533. The van der Waals surface area contributed by atoms with Crippen LogP contribution in [0.25, 0.3) is 0 Å². The van der Waals surface area contributed by atoms with Crippen LogP contribution in [0.1, 0.15) is 62.9 Å². The Morgan fingerprint density at radius 3 is 2.62 bits per heavy atom. The first-order valence-corrected chi connectivity index (χ1v) is 8.06. The molecular weight excluding hydrogens is 266 g/mol. The molecule has 0 unspecified atom stereocenters. The maximum Gasteiger partial charge on any atom is 0.274 e. The normalized spacial score (nSPS) is 15.9. The van der Waals surface area contributed by atoms with E-state index in [1.54, 1.807) is 6.07 Å². The van der Waals surface area contributed by atoms with Gasteiger partial charge in [0.15, 0.2) is 0 Å². The number of hydrogen-bond acceptors (Lipinski definition) is 3. The van der Waals surface area contributed by atoms with Crippen LogP contribution >= 0.6 is 0 Å². The molecule has 0 saturated heterocycles. The van der Waals surface area contributed by atoms with Gasteiger partial charge in [-0.05, 0) is 32.3 Å². The topological polar surface area (TPSA) is 55.2 Å². The Hall–Kier alpha value is -1.65. The molecular formula is C16H25N3O2. The Morgan fingerprint density at radius 2 is 2.00 bits per heavy atom. The molecule has 2 rings (SSSR count). The monoisotopic (exact) mass is 291 g/mol. The fourth-order valence-corrected chi connectivity index (χ4v) is 3.04. The number of amides is 1. The lowest BCUT2D eigenvalue weighted by atomic mass is 9.94. The summed E-state index contributed by atoms with van der Waals surface area (Å²) in [5, 5.41) is 4.24. The van der Waals surface area contributed by atoms with Crippen LogP contribution in [0.4, 0.5) is 0 Å². The first kappa shape index (κ1) is 15.7. The van der Waals surface area contributed by atoms with Gasteiger partial charge < -0.3 is 4.90 Å². The molecule has 0 N–H and O–H groups in total. The largest absolute Gasteiger partial charge is 0.335 e. The summed E-state index contributed by atoms with van der Waals surface area (Å²) in [6, 6.07) is 3.33. The highest BCUT2D eigenvalue weighted by atomic mass is 16.2. The fraction of sp³-hybridized carbons (Fsp3) is 0.688. The van der Waals surface area contributed by atoms with E-state index < -0.39 is 0 Å². The second-order valence-electron chi connectivity index (χ2n) is 5.66. The minimum atomic E-state index is -0.144. The molecule has 0 spiro atoms. The molecule has 1 aliphatic carbocycles. The van der Waals surface area contributed by atoms with Crippen molar-refractivity contribution in [1.82, 2.24) is 14.7 Å². The van der Waals surface area contributed by atoms with E-state index in [1.807, 2.05) is 18.7 Å². The number of carbonyl (C=O) groups excluding carboxylic acids is 1. The first-order valence-electron chi connectivity index (χ1n) is 8.06. The van der Waals surface area contributed by atoms with Crippen molar-refractivity contribution in [3.05, 3.63) is 28.2 Å². The van der Waals surface area contributed by atoms with E-state index in [0.717, 1.165) is 19.3 Å². The van der Waals surface area contributed by atoms with Crippen LogP contribution in [0.5, 0.6) is 0 Å². The quantitative estimate of drug-likeness (QED) is 0.837. The van der Waals surface area contributed by atoms with Crippen LogP contribution in [0.15, 0.2) is 16.9 Å². The Morgan fingerprint density at radius 1 is 1.29 bits per heavy atom. The average molecular weight is 291 g/mol. The molecule has 0 bridgehead atoms. The van der Waals surface area contributed by atoms with Crippen LogP contribution in [0, 0.1) is 0 Å². The van der Waals surface area contributed by atoms with E-state index >= 15 is 0 Å². The molecule has 1 aliphatic rings. The van der Waals surface area contributed by atoms with Crippen LogP contribution in [-0.4, -0.2) is 33.2 Å². The van der Waals surface area contributed by atoms with Gasteiger partial charge in [0.05, 0.1) is 0 Å². The molecule has 1 aromatic rings. The molecule has 0 aromatic carbocycles. The van der Waals surface area contributed by atoms with Gasteiger partial charge in [0.1, 0.15) is 5.69 Å². The number of hydrogen-bond donors (Lipinski definition) is 0. The second-order valence-corrected chi connectivity index (χ2v) is 5.66. The number of aromatic nitrogens is 2. The zero-order valence-electron chi connectivity index (χ0n) is 13.0. The second kappa shape index (κ2) is 7.38. The maximum atomic E-state index is 12.7. The van der Waals surface area contributed by atoms with Crippen molar-refractivity contribution in [2.24, 2.45) is 0 Å². The van der Waals surface area contributed by atoms with E-state index in [4.69, 9.17) is 0 Å². The van der Waals surface area contributed by atoms with Crippen molar-refractivity contribution in [2.45, 2.75) is 65.0 Å². The molecule has 1 heterocycles. The minimum absolute atomic E-state index is 0.0470. The summed E-state index contributed by atoms with van der Waals surface area (Å²) >= 11 is 0. The fourth-order valence-electron chi connectivity index (χ4n) is 3.04. The number of nitrogens with zero attached hydrogens (tertiary/aromatic N) is 3. The molecule has 1 saturated carbocycles. The zero-order chi connectivity index (χ0) is 15.2. The third-order valence-corrected chi connectivity index (χ3v) is 4.14. The molecule has 5 nitrogen and oxygen atoms in total. The lowest BCUT2D eigenvalue weighted by Gasteiger charge is -2.33. The summed E-state index contributed by atoms with van der Waals surface area (Å²) < 4.78 is 1.39. The molecule has 5 heteroatoms. The Labute approximate surface area is 126 Å². The summed E-state index contributed by atoms with van der Waals surface area (Å²) in [5.74, 6) is -0.0470. The van der Waals surface area contributed by atoms with Gasteiger partial charge in [-0.1, -0.05) is 26.2 Å². The summed E-state index contributed by atoms with van der Waals surface area (Å²) in [6.45, 7) is 5.24. The SMILES string of the molecule is CCCn1nc(C(=O)N(CC)C2CCCCC2)ccc1=O. The van der Waals surface area contributed by atoms with Crippen LogP contribution in [-0.2, 0) is 6.54 Å². The molecule has 0 radical (unpaired) electrons. The van der Waals surface area contributed by atoms with Gasteiger partial charge in [-0.2, -0.15) is 5.10 Å². The molecule has 1 fully saturated rings. The van der Waals surface area contributed by atoms with Gasteiger partial charge in [0.25, 0.3) is 11.5 Å². The highest BCUT2D eigenvalue weighted by Crippen LogP contribution is 2.23. The number of carbonyl (C=O) groups is 1. The van der Waals surface area contributed by atoms with Crippen molar-refractivity contribution >= 4 is 5.91 Å². The number of aryl methyl sites for hydroxylation is 1. The first-order chi connectivity index (χ1) is 10.2. The summed E-state index contributed by atoms with van der Waals surface area (Å²) in [6.07, 6.45) is 6.63. The van der Waals surface area contributed by atoms with Crippen LogP contribution in [0.2, 0.25) is 0 Å². The van der Waals surface area contributed by atoms with E-state index in [0.29, 0.717) is 24.8 Å². The van der Waals surface area contributed by atoms with Crippen LogP contribution < -0.4 is 5.56 Å². The molecule has 0 atom stereocenters. The van der Waals surface area contributed by atoms with E-state index in [1.165, 1.54) is 30.0 Å². The van der Waals surface area contributed by atoms with Gasteiger partial charge in [-0.25, -0.2) is 4.68 Å². The van der Waals surface area contributed by atoms with Crippen LogP contribution in [0.3, 0.4) is 0 Å². The van der Waals surface area contributed by atoms with Crippen molar-refractivity contribution < 1.29 is 4.79 Å². The van der Waals surface area contributed by atoms with Gasteiger partial charge in [-0.15, -0.1) is 0 Å². The third-order valence-electron chi connectivity index (χ3n) is 4.14. The highest BCUT2D eigenvalue weighted by Gasteiger charge is 2.26. The standard InChI is InChI=1S/C16H25N3O2/c1-3-12-19-15(20)11-10-14(17-19)16(21)18(4-2)13-8-6-5-7-9-13/h10-11,13H,3-9,12H2,1-2H3. The van der Waals surface area contributed by atoms with Gasteiger partial charge in [-0.3, -0.25) is 9.59 Å². The molecule has 1 aromatic heterocycles. The average Bonchev–Trinajstić information content (AvgIpc) is 2.51. The van der Waals surface area contributed by atoms with Crippen molar-refractivity contribution in [3.8, 4) is 0 Å². The highest BCUT2D eigenvalue weighted by molar-refractivity contribution is 5.92. The lowest BCUT2D eigenvalue weighted by molar-refractivity contribution is 0.0639. The zero-order valence-corrected chi connectivity index (χ0v) is 13.0. The predicted octanol–water partition coefficient (Wildman–Crippen LogP) is 2.45. The summed E-state index contributed by atoms with van der Waals surface area (Å²) in [5.41, 5.74) is 0.240. The summed E-state index contributed by atoms with van der Waals surface area (Å²) in [4.78, 5) is 26.3. The van der Waals surface area contributed by atoms with Gasteiger partial charge >= 0.3 is 0 Å². The summed E-state index contributed by atoms with van der Waals surface area (Å²) in [7, 11) is 0. The molecule has 1 amide bonds. The number of rotatable bonds is 5. The third kappa shape index (κ3) is 3.71. The maximum absolute atomic E-state index is 12.7. The van der Waals surface area contributed by atoms with Gasteiger partial charge in [0, 0.05) is 25.2 Å². The van der Waals surface area contributed by atoms with Crippen molar-refractivity contribution in [2.75, 3.05) is 6.54 Å². The van der Waals surface area contributed by atoms with Gasteiger partial charge in [0.2, 0.25) is 0 Å². The van der Waals surface area contributed by atoms with Crippen molar-refractivity contribution in [1.29, 1.82) is 0 Å². The molecule has 0 aliphatic heterocycles. The van der Waals surface area contributed by atoms with E-state index in [-0.39, 0.29) is 11.5 Å². The predicted molar refractivity (Wildman–Crippen MR) is 82.4 cm³/mol. The molecule has 116 valence electrons. The van der Waals surface area contributed by atoms with E-state index in [2.05, 4.69) is 5.10 Å². The minimum Gasteiger partial charge on any atom is -0.335 e. The Kier molecular flexibility index (Phi) is 5.53. The Balaban J connectivity index is 2.20. The smallest absolute Gasteiger partial charge is 0.274 e. The van der Waals surface area contributed by atoms with Crippen molar-refractivity contribution in [3.63, 3.8) is 0 Å². The molecule has 21 heavy (non-hydrogen) atoms. The lowest BCUT2D eigenvalue weighted by Crippen LogP contribution is -2.42. The van der Waals surface area contributed by atoms with E-state index in [9.17, 15) is 9.59 Å².